The molecule has 2 N–H and O–H groups in total. The molecule has 18 heavy (non-hydrogen) atoms. The molecule has 0 bridgehead atoms. The zero-order chi connectivity index (χ0) is 13.0. The highest BCUT2D eigenvalue weighted by molar-refractivity contribution is 5.79. The van der Waals surface area contributed by atoms with E-state index >= 15 is 0 Å². The van der Waals surface area contributed by atoms with Crippen LogP contribution in [0.4, 0.5) is 0 Å². The molecule has 0 aromatic carbocycles. The molecule has 1 aliphatic heterocycles. The van der Waals surface area contributed by atoms with Crippen molar-refractivity contribution in [2.24, 2.45) is 0 Å². The lowest BCUT2D eigenvalue weighted by atomic mass is 9.78. The van der Waals surface area contributed by atoms with Gasteiger partial charge in [0, 0.05) is 33.2 Å². The minimum atomic E-state index is -0.703. The van der Waals surface area contributed by atoms with Gasteiger partial charge in [-0.05, 0) is 32.2 Å². The van der Waals surface area contributed by atoms with E-state index in [2.05, 4.69) is 10.2 Å². The lowest BCUT2D eigenvalue weighted by Gasteiger charge is -2.44. The highest BCUT2D eigenvalue weighted by Gasteiger charge is 2.47. The highest BCUT2D eigenvalue weighted by Crippen LogP contribution is 2.35. The smallest absolute Gasteiger partial charge is 0.324 e. The summed E-state index contributed by atoms with van der Waals surface area (Å²) in [6, 6.07) is 0. The minimum Gasteiger partial charge on any atom is -0.480 e. The van der Waals surface area contributed by atoms with Crippen molar-refractivity contribution < 1.29 is 14.6 Å². The van der Waals surface area contributed by atoms with E-state index in [4.69, 9.17) is 4.74 Å². The molecule has 0 radical (unpaired) electrons. The molecule has 1 heterocycles. The summed E-state index contributed by atoms with van der Waals surface area (Å²) in [5.74, 6) is -0.675. The third-order valence-corrected chi connectivity index (χ3v) is 4.36. The van der Waals surface area contributed by atoms with Gasteiger partial charge in [0.15, 0.2) is 0 Å². The maximum Gasteiger partial charge on any atom is 0.324 e. The van der Waals surface area contributed by atoms with E-state index < -0.39 is 11.5 Å². The SMILES string of the molecule is COC1CCCC(C(=O)O)(N2CCCNCC2)C1. The van der Waals surface area contributed by atoms with Crippen LogP contribution in [-0.4, -0.2) is 60.9 Å². The lowest BCUT2D eigenvalue weighted by molar-refractivity contribution is -0.158. The second kappa shape index (κ2) is 5.99. The zero-order valence-electron chi connectivity index (χ0n) is 11.2. The Morgan fingerprint density at radius 2 is 2.22 bits per heavy atom. The van der Waals surface area contributed by atoms with Gasteiger partial charge in [-0.15, -0.1) is 0 Å². The Kier molecular flexibility index (Phi) is 4.59. The molecule has 2 rings (SSSR count). The van der Waals surface area contributed by atoms with Crippen molar-refractivity contribution >= 4 is 5.97 Å². The molecule has 2 atom stereocenters. The second-order valence-corrected chi connectivity index (χ2v) is 5.38. The van der Waals surface area contributed by atoms with E-state index in [1.54, 1.807) is 7.11 Å². The first-order chi connectivity index (χ1) is 8.69. The first kappa shape index (κ1) is 13.8. The number of carbonyl (C=O) groups is 1. The van der Waals surface area contributed by atoms with Crippen LogP contribution in [-0.2, 0) is 9.53 Å². The first-order valence-corrected chi connectivity index (χ1v) is 6.91. The van der Waals surface area contributed by atoms with E-state index in [0.29, 0.717) is 6.42 Å². The van der Waals surface area contributed by atoms with Gasteiger partial charge in [0.1, 0.15) is 5.54 Å². The van der Waals surface area contributed by atoms with Crippen molar-refractivity contribution in [2.45, 2.75) is 43.7 Å². The fourth-order valence-electron chi connectivity index (χ4n) is 3.29. The number of nitrogens with one attached hydrogen (secondary N) is 1. The predicted molar refractivity (Wildman–Crippen MR) is 68.7 cm³/mol. The number of ether oxygens (including phenoxy) is 1. The molecule has 0 aromatic rings. The standard InChI is InChI=1S/C13H24N2O3/c1-18-11-4-2-5-13(10-11,12(16)17)15-8-3-6-14-7-9-15/h11,14H,2-10H2,1H3,(H,16,17). The van der Waals surface area contributed by atoms with Crippen molar-refractivity contribution in [1.29, 1.82) is 0 Å². The fourth-order valence-corrected chi connectivity index (χ4v) is 3.29. The van der Waals surface area contributed by atoms with Crippen LogP contribution in [0.25, 0.3) is 0 Å². The van der Waals surface area contributed by atoms with E-state index in [-0.39, 0.29) is 6.10 Å². The lowest BCUT2D eigenvalue weighted by Crippen LogP contribution is -2.59. The molecule has 0 amide bonds. The summed E-state index contributed by atoms with van der Waals surface area (Å²) in [7, 11) is 1.69. The average molecular weight is 256 g/mol. The Labute approximate surface area is 108 Å². The summed E-state index contributed by atoms with van der Waals surface area (Å²) in [5, 5.41) is 13.1. The summed E-state index contributed by atoms with van der Waals surface area (Å²) in [6.45, 7) is 3.56. The Morgan fingerprint density at radius 3 is 2.94 bits per heavy atom. The van der Waals surface area contributed by atoms with E-state index in [0.717, 1.165) is 51.9 Å². The third-order valence-electron chi connectivity index (χ3n) is 4.36. The largest absolute Gasteiger partial charge is 0.480 e. The molecule has 5 heteroatoms. The number of carboxylic acids is 1. The van der Waals surface area contributed by atoms with Gasteiger partial charge in [-0.2, -0.15) is 0 Å². The molecule has 2 aliphatic rings. The van der Waals surface area contributed by atoms with Crippen LogP contribution < -0.4 is 5.32 Å². The number of nitrogens with zero attached hydrogens (tertiary/aromatic N) is 1. The summed E-state index contributed by atoms with van der Waals surface area (Å²) in [5.41, 5.74) is -0.703. The summed E-state index contributed by atoms with van der Waals surface area (Å²) >= 11 is 0. The molecule has 1 saturated heterocycles. The first-order valence-electron chi connectivity index (χ1n) is 6.91. The second-order valence-electron chi connectivity index (χ2n) is 5.38. The molecule has 1 saturated carbocycles. The normalized spacial score (nSPS) is 35.1. The monoisotopic (exact) mass is 256 g/mol. The van der Waals surface area contributed by atoms with Gasteiger partial charge >= 0.3 is 5.97 Å². The Balaban J connectivity index is 2.16. The van der Waals surface area contributed by atoms with Gasteiger partial charge in [-0.1, -0.05) is 0 Å². The number of methoxy groups -OCH3 is 1. The third kappa shape index (κ3) is 2.68. The topological polar surface area (TPSA) is 61.8 Å². The van der Waals surface area contributed by atoms with Crippen molar-refractivity contribution in [3.8, 4) is 0 Å². The quantitative estimate of drug-likeness (QED) is 0.778. The fraction of sp³-hybridized carbons (Fsp3) is 0.923. The molecule has 5 nitrogen and oxygen atoms in total. The molecular formula is C13H24N2O3. The van der Waals surface area contributed by atoms with E-state index in [9.17, 15) is 9.90 Å². The van der Waals surface area contributed by atoms with Crippen molar-refractivity contribution in [1.82, 2.24) is 10.2 Å². The van der Waals surface area contributed by atoms with Gasteiger partial charge < -0.3 is 15.2 Å². The Morgan fingerprint density at radius 1 is 1.39 bits per heavy atom. The maximum absolute atomic E-state index is 11.8. The number of rotatable bonds is 3. The van der Waals surface area contributed by atoms with Gasteiger partial charge in [-0.25, -0.2) is 0 Å². The van der Waals surface area contributed by atoms with Crippen LogP contribution in [0.5, 0.6) is 0 Å². The average Bonchev–Trinajstić information content (AvgIpc) is 2.67. The van der Waals surface area contributed by atoms with Gasteiger partial charge in [0.05, 0.1) is 6.10 Å². The van der Waals surface area contributed by atoms with Crippen LogP contribution in [0.3, 0.4) is 0 Å². The van der Waals surface area contributed by atoms with E-state index in [1.165, 1.54) is 0 Å². The minimum absolute atomic E-state index is 0.0889. The number of hydrogen-bond donors (Lipinski definition) is 2. The van der Waals surface area contributed by atoms with Crippen LogP contribution in [0.1, 0.15) is 32.1 Å². The zero-order valence-corrected chi connectivity index (χ0v) is 11.2. The van der Waals surface area contributed by atoms with Crippen molar-refractivity contribution in [3.05, 3.63) is 0 Å². The highest BCUT2D eigenvalue weighted by atomic mass is 16.5. The summed E-state index contributed by atoms with van der Waals surface area (Å²) < 4.78 is 5.41. The van der Waals surface area contributed by atoms with Gasteiger partial charge in [-0.3, -0.25) is 9.69 Å². The van der Waals surface area contributed by atoms with Gasteiger partial charge in [0.2, 0.25) is 0 Å². The number of hydrogen-bond acceptors (Lipinski definition) is 4. The predicted octanol–water partition coefficient (Wildman–Crippen LogP) is 0.694. The van der Waals surface area contributed by atoms with Crippen molar-refractivity contribution in [2.75, 3.05) is 33.3 Å². The molecule has 0 aromatic heterocycles. The van der Waals surface area contributed by atoms with Crippen molar-refractivity contribution in [3.63, 3.8) is 0 Å². The number of aliphatic carboxylic acids is 1. The van der Waals surface area contributed by atoms with Crippen LogP contribution in [0.2, 0.25) is 0 Å². The van der Waals surface area contributed by atoms with Crippen LogP contribution in [0, 0.1) is 0 Å². The Hall–Kier alpha value is -0.650. The molecule has 0 spiro atoms. The maximum atomic E-state index is 11.8. The molecule has 2 unspecified atom stereocenters. The molecule has 104 valence electrons. The number of carboxylic acid groups (broad SMARTS) is 1. The van der Waals surface area contributed by atoms with Crippen LogP contribution >= 0.6 is 0 Å². The van der Waals surface area contributed by atoms with E-state index in [1.807, 2.05) is 0 Å². The van der Waals surface area contributed by atoms with Crippen LogP contribution in [0.15, 0.2) is 0 Å². The molecule has 2 fully saturated rings. The molecular weight excluding hydrogens is 232 g/mol. The summed E-state index contributed by atoms with van der Waals surface area (Å²) in [4.78, 5) is 14.0. The summed E-state index contributed by atoms with van der Waals surface area (Å²) in [6.07, 6.45) is 4.41. The Bertz CT molecular complexity index is 290. The van der Waals surface area contributed by atoms with Gasteiger partial charge in [0.25, 0.3) is 0 Å². The molecule has 1 aliphatic carbocycles.